The van der Waals surface area contributed by atoms with Crippen LogP contribution in [0.1, 0.15) is 64.9 Å². The molecule has 0 radical (unpaired) electrons. The van der Waals surface area contributed by atoms with Crippen LogP contribution in [0.4, 0.5) is 11.4 Å². The van der Waals surface area contributed by atoms with Crippen LogP contribution in [-0.2, 0) is 5.41 Å². The molecule has 72 heavy (non-hydrogen) atoms. The minimum Gasteiger partial charge on any atom is -0.458 e. The Bertz CT molecular complexity index is 3700. The molecule has 348 valence electrons. The summed E-state index contributed by atoms with van der Waals surface area (Å²) >= 11 is 0. The van der Waals surface area contributed by atoms with Crippen molar-refractivity contribution >= 4 is 56.3 Å². The van der Waals surface area contributed by atoms with Crippen LogP contribution in [0.15, 0.2) is 200 Å². The zero-order chi connectivity index (χ0) is 47.9. The minimum atomic E-state index is -0.112. The average molecular weight is 929 g/mol. The van der Waals surface area contributed by atoms with Crippen molar-refractivity contribution in [2.75, 3.05) is 4.90 Å². The van der Waals surface area contributed by atoms with E-state index < -0.39 is 0 Å². The summed E-state index contributed by atoms with van der Waals surface area (Å²) in [5.74, 6) is 4.20. The van der Waals surface area contributed by atoms with Gasteiger partial charge in [0, 0.05) is 38.9 Å². The Labute approximate surface area is 423 Å². The van der Waals surface area contributed by atoms with Crippen molar-refractivity contribution in [3.63, 3.8) is 0 Å². The van der Waals surface area contributed by atoms with Crippen LogP contribution in [0.3, 0.4) is 0 Å². The zero-order valence-corrected chi connectivity index (χ0v) is 41.4. The molecule has 4 saturated carbocycles. The monoisotopic (exact) mass is 928 g/mol. The Morgan fingerprint density at radius 1 is 0.472 bits per heavy atom. The summed E-state index contributed by atoms with van der Waals surface area (Å²) < 4.78 is 10.2. The number of anilines is 2. The van der Waals surface area contributed by atoms with Gasteiger partial charge < -0.3 is 14.2 Å². The van der Waals surface area contributed by atoms with Gasteiger partial charge in [-0.15, -0.1) is 0 Å². The molecular formula is C68H57BN2O. The SMILES string of the molecule is CC(C)(C)c1ccc(-c2cc3c4c(c2)N(C25CC6CC(CC(C6)C2)C5)c2cc(-c5ccccc5)c(-c5ccccc5)cc2B4c2cc(-n4c5ccccc5c5ccccc54)cc(-c4ccccc4)c2O3)cc1. The highest BCUT2D eigenvalue weighted by Crippen LogP contribution is 2.61. The van der Waals surface area contributed by atoms with Crippen molar-refractivity contribution in [3.05, 3.63) is 206 Å². The smallest absolute Gasteiger partial charge is 0.256 e. The molecule has 9 aromatic carbocycles. The number of nitrogens with zero attached hydrogens (tertiary/aromatic N) is 2. The van der Waals surface area contributed by atoms with E-state index in [0.29, 0.717) is 0 Å². The third kappa shape index (κ3) is 6.43. The molecular weight excluding hydrogens is 872 g/mol. The summed E-state index contributed by atoms with van der Waals surface area (Å²) in [5, 5.41) is 2.52. The summed E-state index contributed by atoms with van der Waals surface area (Å²) in [6, 6.07) is 75.6. The van der Waals surface area contributed by atoms with Gasteiger partial charge in [0.25, 0.3) is 6.71 Å². The first kappa shape index (κ1) is 42.2. The molecule has 3 heterocycles. The Hall–Kier alpha value is -7.56. The topological polar surface area (TPSA) is 17.4 Å². The molecule has 4 aliphatic carbocycles. The van der Waals surface area contributed by atoms with Crippen LogP contribution >= 0.6 is 0 Å². The van der Waals surface area contributed by atoms with Crippen molar-refractivity contribution in [2.24, 2.45) is 17.8 Å². The Morgan fingerprint density at radius 2 is 1.00 bits per heavy atom. The van der Waals surface area contributed by atoms with Crippen molar-refractivity contribution in [1.29, 1.82) is 0 Å². The Morgan fingerprint density at radius 3 is 1.57 bits per heavy atom. The first-order valence-corrected chi connectivity index (χ1v) is 26.5. The highest BCUT2D eigenvalue weighted by atomic mass is 16.5. The third-order valence-electron chi connectivity index (χ3n) is 17.7. The van der Waals surface area contributed by atoms with E-state index in [1.54, 1.807) is 0 Å². The van der Waals surface area contributed by atoms with Crippen molar-refractivity contribution in [3.8, 4) is 61.7 Å². The predicted octanol–water partition coefficient (Wildman–Crippen LogP) is 15.8. The molecule has 4 bridgehead atoms. The van der Waals surface area contributed by atoms with Gasteiger partial charge in [-0.3, -0.25) is 0 Å². The van der Waals surface area contributed by atoms with E-state index >= 15 is 0 Å². The second-order valence-corrected chi connectivity index (χ2v) is 23.1. The fourth-order valence-electron chi connectivity index (χ4n) is 14.9. The molecule has 0 spiro atoms. The van der Waals surface area contributed by atoms with Crippen molar-refractivity contribution in [2.45, 2.75) is 70.3 Å². The number of hydrogen-bond donors (Lipinski definition) is 0. The molecule has 3 nitrogen and oxygen atoms in total. The number of rotatable bonds is 6. The van der Waals surface area contributed by atoms with Gasteiger partial charge in [0.2, 0.25) is 0 Å². The maximum absolute atomic E-state index is 7.75. The lowest BCUT2D eigenvalue weighted by Gasteiger charge is -2.62. The first-order chi connectivity index (χ1) is 35.2. The lowest BCUT2D eigenvalue weighted by atomic mass is 9.33. The molecule has 0 unspecified atom stereocenters. The molecule has 1 aromatic heterocycles. The molecule has 4 heteroatoms. The van der Waals surface area contributed by atoms with E-state index in [4.69, 9.17) is 4.74 Å². The van der Waals surface area contributed by atoms with Gasteiger partial charge in [-0.05, 0) is 165 Å². The first-order valence-electron chi connectivity index (χ1n) is 26.5. The van der Waals surface area contributed by atoms with E-state index in [-0.39, 0.29) is 17.7 Å². The molecule has 0 amide bonds. The summed E-state index contributed by atoms with van der Waals surface area (Å²) in [4.78, 5) is 2.94. The Kier molecular flexibility index (Phi) is 9.20. The lowest BCUT2D eigenvalue weighted by molar-refractivity contribution is 0.000635. The fraction of sp³-hybridized carbons (Fsp3) is 0.206. The number of para-hydroxylation sites is 2. The largest absolute Gasteiger partial charge is 0.458 e. The summed E-state index contributed by atoms with van der Waals surface area (Å²) in [5.41, 5.74) is 21.2. The van der Waals surface area contributed by atoms with E-state index in [2.05, 4.69) is 230 Å². The van der Waals surface area contributed by atoms with Gasteiger partial charge in [0.1, 0.15) is 11.5 Å². The molecule has 0 N–H and O–H groups in total. The second kappa shape index (κ2) is 15.7. The Balaban J connectivity index is 1.07. The highest BCUT2D eigenvalue weighted by Gasteiger charge is 2.57. The van der Waals surface area contributed by atoms with Gasteiger partial charge in [-0.25, -0.2) is 0 Å². The molecule has 6 aliphatic rings. The minimum absolute atomic E-state index is 0.000523. The van der Waals surface area contributed by atoms with Gasteiger partial charge in [0.15, 0.2) is 0 Å². The van der Waals surface area contributed by atoms with E-state index in [1.165, 1.54) is 127 Å². The highest BCUT2D eigenvalue weighted by molar-refractivity contribution is 6.99. The van der Waals surface area contributed by atoms with E-state index in [9.17, 15) is 0 Å². The second-order valence-electron chi connectivity index (χ2n) is 23.1. The zero-order valence-electron chi connectivity index (χ0n) is 41.4. The van der Waals surface area contributed by atoms with Gasteiger partial charge in [-0.1, -0.05) is 178 Å². The summed E-state index contributed by atoms with van der Waals surface area (Å²) in [7, 11) is 0. The number of hydrogen-bond acceptors (Lipinski definition) is 2. The van der Waals surface area contributed by atoms with E-state index in [1.807, 2.05) is 0 Å². The lowest BCUT2D eigenvalue weighted by Crippen LogP contribution is -2.66. The number of aromatic nitrogens is 1. The molecule has 0 saturated heterocycles. The van der Waals surface area contributed by atoms with Gasteiger partial charge in [0.05, 0.1) is 11.0 Å². The molecule has 0 atom stereocenters. The number of fused-ring (bicyclic) bond motifs is 7. The van der Waals surface area contributed by atoms with Crippen LogP contribution in [0.25, 0.3) is 72.0 Å². The molecule has 10 aromatic rings. The van der Waals surface area contributed by atoms with Gasteiger partial charge in [-0.2, -0.15) is 0 Å². The average Bonchev–Trinajstić information content (AvgIpc) is 3.74. The van der Waals surface area contributed by atoms with Gasteiger partial charge >= 0.3 is 0 Å². The molecule has 4 fully saturated rings. The van der Waals surface area contributed by atoms with Crippen molar-refractivity contribution in [1.82, 2.24) is 4.57 Å². The van der Waals surface area contributed by atoms with Crippen molar-refractivity contribution < 1.29 is 4.74 Å². The van der Waals surface area contributed by atoms with Crippen LogP contribution in [0.2, 0.25) is 0 Å². The third-order valence-corrected chi connectivity index (χ3v) is 17.7. The van der Waals surface area contributed by atoms with Crippen LogP contribution in [0, 0.1) is 17.8 Å². The number of ether oxygens (including phenoxy) is 1. The van der Waals surface area contributed by atoms with E-state index in [0.717, 1.165) is 46.1 Å². The van der Waals surface area contributed by atoms with Crippen LogP contribution < -0.4 is 26.0 Å². The number of benzene rings is 9. The maximum atomic E-state index is 7.75. The standard InChI is InChI=1S/C68H57BN2O/c1-67(2,3)51-29-27-46(28-30-51)50-34-63-65-64(35-50)72-66-57(49-21-11-6-12-22-49)36-52(70-60-25-15-13-23-53(60)54-24-14-16-26-61(54)70)37-59(66)69(65)58-38-55(47-17-7-4-8-18-47)56(48-19-9-5-10-20-48)39-62(58)71(63)68-40-43-31-44(41-68)33-45(32-43)42-68/h4-30,34-39,43-45H,31-33,40-42H2,1-3H3. The quantitative estimate of drug-likeness (QED) is 0.155. The summed E-state index contributed by atoms with van der Waals surface area (Å²) in [6.07, 6.45) is 7.85. The predicted molar refractivity (Wildman–Crippen MR) is 302 cm³/mol. The fourth-order valence-corrected chi connectivity index (χ4v) is 14.9. The normalized spacial score (nSPS) is 20.3. The van der Waals surface area contributed by atoms with Crippen LogP contribution in [0.5, 0.6) is 11.5 Å². The molecule has 16 rings (SSSR count). The van der Waals surface area contributed by atoms with Crippen LogP contribution in [-0.4, -0.2) is 16.8 Å². The maximum Gasteiger partial charge on any atom is 0.256 e. The molecule has 2 aliphatic heterocycles. The summed E-state index contributed by atoms with van der Waals surface area (Å²) in [6.45, 7) is 6.81.